The lowest BCUT2D eigenvalue weighted by Crippen LogP contribution is -2.17. The summed E-state index contributed by atoms with van der Waals surface area (Å²) < 4.78 is 13.7. The van der Waals surface area contributed by atoms with Crippen LogP contribution < -0.4 is 14.3 Å². The second kappa shape index (κ2) is 8.22. The maximum atomic E-state index is 12.6. The van der Waals surface area contributed by atoms with Gasteiger partial charge in [0, 0.05) is 12.1 Å². The van der Waals surface area contributed by atoms with E-state index in [0.717, 1.165) is 27.1 Å². The van der Waals surface area contributed by atoms with Gasteiger partial charge >= 0.3 is 0 Å². The highest BCUT2D eigenvalue weighted by atomic mass is 32.1. The van der Waals surface area contributed by atoms with Crippen LogP contribution in [0.4, 0.5) is 0 Å². The van der Waals surface area contributed by atoms with E-state index in [4.69, 9.17) is 9.47 Å². The molecule has 3 rings (SSSR count). The summed E-state index contributed by atoms with van der Waals surface area (Å²) in [5.74, 6) is 1.26. The van der Waals surface area contributed by atoms with E-state index in [1.165, 1.54) is 11.3 Å². The number of allylic oxidation sites excluding steroid dienone is 1. The lowest BCUT2D eigenvalue weighted by molar-refractivity contribution is -0.117. The fraction of sp³-hybridized carbons (Fsp3) is 0.238. The van der Waals surface area contributed by atoms with Crippen LogP contribution in [-0.4, -0.2) is 24.7 Å². The molecule has 27 heavy (non-hydrogen) atoms. The average molecular weight is 382 g/mol. The van der Waals surface area contributed by atoms with Gasteiger partial charge in [0.05, 0.1) is 30.9 Å². The van der Waals surface area contributed by atoms with Crippen LogP contribution in [0.5, 0.6) is 11.5 Å². The molecule has 0 fully saturated rings. The smallest absolute Gasteiger partial charge is 0.252 e. The molecule has 0 radical (unpaired) electrons. The highest BCUT2D eigenvalue weighted by Gasteiger charge is 2.11. The first-order chi connectivity index (χ1) is 13.0. The van der Waals surface area contributed by atoms with E-state index in [-0.39, 0.29) is 12.3 Å². The molecule has 1 amide bonds. The molecule has 1 heterocycles. The number of amides is 1. The van der Waals surface area contributed by atoms with Crippen LogP contribution in [0.2, 0.25) is 0 Å². The van der Waals surface area contributed by atoms with Gasteiger partial charge in [0.15, 0.2) is 4.80 Å². The molecule has 0 bridgehead atoms. The summed E-state index contributed by atoms with van der Waals surface area (Å²) in [6.07, 6.45) is 1.99. The normalized spacial score (nSPS) is 11.6. The fourth-order valence-corrected chi connectivity index (χ4v) is 4.01. The molecule has 2 aromatic carbocycles. The van der Waals surface area contributed by atoms with Crippen molar-refractivity contribution >= 4 is 27.5 Å². The summed E-state index contributed by atoms with van der Waals surface area (Å²) in [6.45, 7) is 6.38. The Kier molecular flexibility index (Phi) is 5.76. The molecule has 0 aliphatic carbocycles. The number of carbonyl (C=O) groups is 1. The zero-order valence-electron chi connectivity index (χ0n) is 15.7. The van der Waals surface area contributed by atoms with Crippen LogP contribution in [-0.2, 0) is 17.8 Å². The summed E-state index contributed by atoms with van der Waals surface area (Å²) >= 11 is 1.46. The van der Waals surface area contributed by atoms with E-state index in [2.05, 4.69) is 11.6 Å². The van der Waals surface area contributed by atoms with E-state index >= 15 is 0 Å². The minimum atomic E-state index is -0.213. The van der Waals surface area contributed by atoms with Gasteiger partial charge in [0.2, 0.25) is 0 Å². The predicted molar refractivity (Wildman–Crippen MR) is 109 cm³/mol. The molecule has 3 aromatic rings. The Morgan fingerprint density at radius 2 is 2.04 bits per heavy atom. The molecule has 0 aliphatic heterocycles. The van der Waals surface area contributed by atoms with Crippen molar-refractivity contribution in [2.75, 3.05) is 14.2 Å². The van der Waals surface area contributed by atoms with Gasteiger partial charge in [-0.3, -0.25) is 4.79 Å². The van der Waals surface area contributed by atoms with Crippen molar-refractivity contribution in [3.63, 3.8) is 0 Å². The number of fused-ring (bicyclic) bond motifs is 1. The third-order valence-electron chi connectivity index (χ3n) is 4.20. The third-order valence-corrected chi connectivity index (χ3v) is 5.24. The van der Waals surface area contributed by atoms with Crippen molar-refractivity contribution in [2.45, 2.75) is 19.9 Å². The number of aryl methyl sites for hydroxylation is 1. The monoisotopic (exact) mass is 382 g/mol. The van der Waals surface area contributed by atoms with Crippen molar-refractivity contribution in [3.8, 4) is 11.5 Å². The molecular formula is C21H22N2O3S. The van der Waals surface area contributed by atoms with Crippen molar-refractivity contribution in [3.05, 3.63) is 65.0 Å². The number of benzene rings is 2. The van der Waals surface area contributed by atoms with E-state index in [0.29, 0.717) is 17.1 Å². The van der Waals surface area contributed by atoms with Crippen LogP contribution in [0, 0.1) is 6.92 Å². The standard InChI is InChI=1S/C21H22N2O3S/c1-5-10-23-17-8-7-16(25-3)13-19(17)27-21(23)22-20(24)12-15-11-14(2)6-9-18(15)26-4/h5-9,11,13H,1,10,12H2,2-4H3. The first-order valence-electron chi connectivity index (χ1n) is 8.55. The number of rotatable bonds is 6. The topological polar surface area (TPSA) is 52.8 Å². The molecule has 0 aliphatic rings. The van der Waals surface area contributed by atoms with E-state index < -0.39 is 0 Å². The van der Waals surface area contributed by atoms with Crippen LogP contribution in [0.25, 0.3) is 10.2 Å². The molecule has 0 atom stereocenters. The molecule has 0 N–H and O–H groups in total. The van der Waals surface area contributed by atoms with Crippen molar-refractivity contribution in [1.82, 2.24) is 4.57 Å². The van der Waals surface area contributed by atoms with Gasteiger partial charge in [0.25, 0.3) is 5.91 Å². The first kappa shape index (κ1) is 18.9. The van der Waals surface area contributed by atoms with Gasteiger partial charge in [-0.2, -0.15) is 4.99 Å². The fourth-order valence-electron chi connectivity index (χ4n) is 2.93. The minimum absolute atomic E-state index is 0.191. The molecule has 0 spiro atoms. The number of methoxy groups -OCH3 is 2. The summed E-state index contributed by atoms with van der Waals surface area (Å²) in [5.41, 5.74) is 2.92. The molecule has 140 valence electrons. The second-order valence-electron chi connectivity index (χ2n) is 6.12. The highest BCUT2D eigenvalue weighted by molar-refractivity contribution is 7.16. The zero-order valence-corrected chi connectivity index (χ0v) is 16.5. The van der Waals surface area contributed by atoms with Crippen molar-refractivity contribution in [2.24, 2.45) is 4.99 Å². The number of hydrogen-bond donors (Lipinski definition) is 0. The van der Waals surface area contributed by atoms with Crippen molar-refractivity contribution in [1.29, 1.82) is 0 Å². The number of hydrogen-bond acceptors (Lipinski definition) is 4. The Hall–Kier alpha value is -2.86. The summed E-state index contributed by atoms with van der Waals surface area (Å²) in [6, 6.07) is 11.6. The maximum absolute atomic E-state index is 12.6. The summed E-state index contributed by atoms with van der Waals surface area (Å²) in [5, 5.41) is 0. The van der Waals surface area contributed by atoms with Gasteiger partial charge in [-0.05, 0) is 31.2 Å². The second-order valence-corrected chi connectivity index (χ2v) is 7.12. The van der Waals surface area contributed by atoms with Gasteiger partial charge in [-0.15, -0.1) is 6.58 Å². The Morgan fingerprint density at radius 3 is 2.74 bits per heavy atom. The Bertz CT molecular complexity index is 1060. The Labute approximate surface area is 162 Å². The van der Waals surface area contributed by atoms with Gasteiger partial charge in [-0.25, -0.2) is 0 Å². The van der Waals surface area contributed by atoms with Crippen LogP contribution >= 0.6 is 11.3 Å². The van der Waals surface area contributed by atoms with Crippen LogP contribution in [0.15, 0.2) is 54.0 Å². The summed E-state index contributed by atoms with van der Waals surface area (Å²) in [4.78, 5) is 17.7. The van der Waals surface area contributed by atoms with Crippen LogP contribution in [0.3, 0.4) is 0 Å². The van der Waals surface area contributed by atoms with E-state index in [1.54, 1.807) is 20.3 Å². The number of aromatic nitrogens is 1. The zero-order chi connectivity index (χ0) is 19.4. The van der Waals surface area contributed by atoms with E-state index in [1.807, 2.05) is 47.9 Å². The largest absolute Gasteiger partial charge is 0.497 e. The number of ether oxygens (including phenoxy) is 2. The predicted octanol–water partition coefficient (Wildman–Crippen LogP) is 3.88. The number of carbonyl (C=O) groups excluding carboxylic acids is 1. The quantitative estimate of drug-likeness (QED) is 0.608. The molecular weight excluding hydrogens is 360 g/mol. The molecule has 5 nitrogen and oxygen atoms in total. The molecule has 0 saturated heterocycles. The maximum Gasteiger partial charge on any atom is 0.252 e. The SMILES string of the molecule is C=CCn1c(=NC(=O)Cc2cc(C)ccc2OC)sc2cc(OC)ccc21. The van der Waals surface area contributed by atoms with Crippen LogP contribution in [0.1, 0.15) is 11.1 Å². The Morgan fingerprint density at radius 1 is 1.22 bits per heavy atom. The average Bonchev–Trinajstić information content (AvgIpc) is 2.98. The van der Waals surface area contributed by atoms with Gasteiger partial charge in [-0.1, -0.05) is 35.1 Å². The molecule has 0 unspecified atom stereocenters. The highest BCUT2D eigenvalue weighted by Crippen LogP contribution is 2.24. The van der Waals surface area contributed by atoms with Crippen molar-refractivity contribution < 1.29 is 14.3 Å². The third kappa shape index (κ3) is 4.11. The van der Waals surface area contributed by atoms with Gasteiger partial charge < -0.3 is 14.0 Å². The lowest BCUT2D eigenvalue weighted by atomic mass is 10.1. The molecule has 1 aromatic heterocycles. The number of thiazole rings is 1. The minimum Gasteiger partial charge on any atom is -0.497 e. The molecule has 6 heteroatoms. The Balaban J connectivity index is 2.01. The van der Waals surface area contributed by atoms with E-state index in [9.17, 15) is 4.79 Å². The molecule has 0 saturated carbocycles. The van der Waals surface area contributed by atoms with Gasteiger partial charge in [0.1, 0.15) is 11.5 Å². The first-order valence-corrected chi connectivity index (χ1v) is 9.36. The lowest BCUT2D eigenvalue weighted by Gasteiger charge is -2.07. The number of nitrogens with zero attached hydrogens (tertiary/aromatic N) is 2. The summed E-state index contributed by atoms with van der Waals surface area (Å²) in [7, 11) is 3.24.